The van der Waals surface area contributed by atoms with Crippen LogP contribution in [-0.4, -0.2) is 158 Å². The van der Waals surface area contributed by atoms with Crippen LogP contribution in [0.25, 0.3) is 0 Å². The molecule has 4 aromatic heterocycles. The lowest BCUT2D eigenvalue weighted by Gasteiger charge is -2.17. The summed E-state index contributed by atoms with van der Waals surface area (Å²) in [6.07, 6.45) is 5.51. The molecule has 418 valence electrons. The van der Waals surface area contributed by atoms with Crippen LogP contribution in [0.5, 0.6) is 0 Å². The van der Waals surface area contributed by atoms with Crippen LogP contribution in [-0.2, 0) is 18.9 Å². The third kappa shape index (κ3) is 13.1. The van der Waals surface area contributed by atoms with E-state index in [-0.39, 0.29) is 51.9 Å². The van der Waals surface area contributed by atoms with Crippen LogP contribution in [0, 0.1) is 27.7 Å². The molecule has 0 unspecified atom stereocenters. The Hall–Kier alpha value is -6.06. The number of nitrogens with one attached hydrogen (secondary N) is 10. The molecule has 4 saturated heterocycles. The lowest BCUT2D eigenvalue weighted by molar-refractivity contribution is -0.473. The first kappa shape index (κ1) is 57.1. The first-order valence-electron chi connectivity index (χ1n) is 24.7. The molecule has 12 N–H and O–H groups in total. The van der Waals surface area contributed by atoms with Gasteiger partial charge in [-0.1, -0.05) is 0 Å². The quantitative estimate of drug-likeness (QED) is 0.0412. The molecule has 0 aromatic carbocycles. The second-order valence-corrected chi connectivity index (χ2v) is 21.6. The molecule has 8 heterocycles. The average molecular weight is 1130 g/mol. The second-order valence-electron chi connectivity index (χ2n) is 19.1. The zero-order valence-electron chi connectivity index (χ0n) is 43.2. The van der Waals surface area contributed by atoms with Crippen molar-refractivity contribution in [2.45, 2.75) is 127 Å². The topological polar surface area (TPSA) is 375 Å². The van der Waals surface area contributed by atoms with Gasteiger partial charge < -0.3 is 29.2 Å². The highest BCUT2D eigenvalue weighted by atomic mass is 32.2. The van der Waals surface area contributed by atoms with Crippen molar-refractivity contribution >= 4 is 50.8 Å². The van der Waals surface area contributed by atoms with Crippen molar-refractivity contribution in [2.24, 2.45) is 0 Å². The lowest BCUT2D eigenvalue weighted by atomic mass is 10.1. The van der Waals surface area contributed by atoms with Gasteiger partial charge in [-0.25, -0.2) is 19.2 Å². The van der Waals surface area contributed by atoms with Gasteiger partial charge in [-0.3, -0.25) is 88.3 Å². The van der Waals surface area contributed by atoms with Crippen molar-refractivity contribution < 1.29 is 44.1 Å². The normalized spacial score (nSPS) is 27.9. The zero-order valence-corrected chi connectivity index (χ0v) is 45.7. The summed E-state index contributed by atoms with van der Waals surface area (Å²) < 4.78 is 30.6. The molecule has 4 aliphatic rings. The number of aromatic nitrogens is 8. The summed E-state index contributed by atoms with van der Waals surface area (Å²) >= 11 is 4.10. The molecule has 31 heteroatoms. The van der Waals surface area contributed by atoms with Crippen LogP contribution in [0.2, 0.25) is 0 Å². The molecule has 0 spiro atoms. The number of ether oxygens (including phenoxy) is 4. The third-order valence-electron chi connectivity index (χ3n) is 13.9. The predicted molar refractivity (Wildman–Crippen MR) is 285 cm³/mol. The summed E-state index contributed by atoms with van der Waals surface area (Å²) in [6, 6.07) is -1.34. The average Bonchev–Trinajstić information content (AvgIpc) is 4.22. The fraction of sp³-hybridized carbons (Fsp3) is 0.587. The number of aliphatic hydroxyl groups excluding tert-OH is 2. The highest BCUT2D eigenvalue weighted by molar-refractivity contribution is 8.13. The van der Waals surface area contributed by atoms with Crippen LogP contribution in [0.3, 0.4) is 0 Å². The summed E-state index contributed by atoms with van der Waals surface area (Å²) in [7, 11) is 0. The fourth-order valence-corrected chi connectivity index (χ4v) is 11.1. The maximum atomic E-state index is 13.2. The van der Waals surface area contributed by atoms with Gasteiger partial charge in [0.25, 0.3) is 22.2 Å². The number of aromatic amines is 4. The van der Waals surface area contributed by atoms with Crippen molar-refractivity contribution in [2.75, 3.05) is 45.0 Å². The largest absolute Gasteiger partial charge is 0.393 e. The maximum Gasteiger partial charge on any atom is 0.330 e. The maximum absolute atomic E-state index is 13.2. The van der Waals surface area contributed by atoms with Crippen LogP contribution in [0.4, 0.5) is 0 Å². The van der Waals surface area contributed by atoms with Gasteiger partial charge in [-0.05, 0) is 81.7 Å². The van der Waals surface area contributed by atoms with Gasteiger partial charge >= 0.3 is 38.3 Å². The van der Waals surface area contributed by atoms with Crippen molar-refractivity contribution in [3.63, 3.8) is 0 Å². The Morgan fingerprint density at radius 1 is 0.494 bits per heavy atom. The Labute approximate surface area is 449 Å². The Balaban J connectivity index is 1.01. The van der Waals surface area contributed by atoms with Crippen molar-refractivity contribution in [1.82, 2.24) is 54.2 Å². The molecule has 0 saturated carbocycles. The molecule has 8 rings (SSSR count). The minimum absolute atomic E-state index is 0.112. The van der Waals surface area contributed by atoms with E-state index in [1.807, 2.05) is 18.8 Å². The number of amidine groups is 3. The molecule has 77 heavy (non-hydrogen) atoms. The highest BCUT2D eigenvalue weighted by Gasteiger charge is 2.45. The number of nitrogens with zero attached hydrogens (tertiary/aromatic N) is 4. The predicted octanol–water partition coefficient (Wildman–Crippen LogP) is -7.80. The number of aryl methyl sites for hydroxylation is 4. The van der Waals surface area contributed by atoms with Gasteiger partial charge in [0.2, 0.25) is 0 Å². The molecular weight excluding hydrogens is 1070 g/mol. The van der Waals surface area contributed by atoms with E-state index >= 15 is 0 Å². The molecule has 0 radical (unpaired) electrons. The number of rotatable bonds is 14. The number of H-pyrrole nitrogens is 4. The number of hydrogen-bond donors (Lipinski definition) is 12. The molecule has 4 fully saturated rings. The van der Waals surface area contributed by atoms with Gasteiger partial charge in [-0.2, -0.15) is 0 Å². The van der Waals surface area contributed by atoms with E-state index in [9.17, 15) is 48.6 Å². The summed E-state index contributed by atoms with van der Waals surface area (Å²) in [5, 5.41) is 33.6. The van der Waals surface area contributed by atoms with Gasteiger partial charge in [0.15, 0.2) is 0 Å². The van der Waals surface area contributed by atoms with Gasteiger partial charge in [-0.15, -0.1) is 0 Å². The second kappa shape index (κ2) is 24.7. The number of hydrogen-bond acceptors (Lipinski definition) is 17. The first-order valence-corrected chi connectivity index (χ1v) is 28.4. The van der Waals surface area contributed by atoms with E-state index in [0.29, 0.717) is 37.8 Å². The first-order chi connectivity index (χ1) is 36.8. The summed E-state index contributed by atoms with van der Waals surface area (Å²) in [4.78, 5) is 120. The van der Waals surface area contributed by atoms with Crippen molar-refractivity contribution in [3.05, 3.63) is 130 Å². The smallest absolute Gasteiger partial charge is 0.330 e. The van der Waals surface area contributed by atoms with Crippen LogP contribution in [0.1, 0.15) is 72.8 Å². The van der Waals surface area contributed by atoms with E-state index in [2.05, 4.69) is 50.9 Å². The number of thioether (sulfide) groups is 3. The molecular formula is C46H65N14O14S3+3. The van der Waals surface area contributed by atoms with Crippen molar-refractivity contribution in [3.8, 4) is 0 Å². The number of aliphatic hydroxyl groups is 2. The summed E-state index contributed by atoms with van der Waals surface area (Å²) in [5.41, 5.74) is -3.32. The van der Waals surface area contributed by atoms with E-state index in [0.717, 1.165) is 0 Å². The van der Waals surface area contributed by atoms with Gasteiger partial charge in [0.1, 0.15) is 87.1 Å². The van der Waals surface area contributed by atoms with E-state index in [1.165, 1.54) is 78.3 Å². The minimum atomic E-state index is -0.941. The fourth-order valence-electron chi connectivity index (χ4n) is 9.61. The van der Waals surface area contributed by atoms with Crippen LogP contribution < -0.4 is 75.9 Å². The third-order valence-corrected chi connectivity index (χ3v) is 15.9. The van der Waals surface area contributed by atoms with E-state index in [1.54, 1.807) is 27.7 Å². The van der Waals surface area contributed by atoms with Gasteiger partial charge in [0.05, 0.1) is 12.7 Å². The molecule has 12 atom stereocenters. The zero-order chi connectivity index (χ0) is 55.4. The minimum Gasteiger partial charge on any atom is -0.393 e. The Kier molecular flexibility index (Phi) is 18.3. The Morgan fingerprint density at radius 2 is 0.766 bits per heavy atom. The van der Waals surface area contributed by atoms with E-state index < -0.39 is 119 Å². The van der Waals surface area contributed by atoms with E-state index in [4.69, 9.17) is 18.9 Å². The Bertz CT molecular complexity index is 3400. The monoisotopic (exact) mass is 1130 g/mol. The molecule has 4 aliphatic heterocycles. The molecule has 0 aliphatic carbocycles. The molecule has 4 aromatic rings. The Morgan fingerprint density at radius 3 is 1.08 bits per heavy atom. The standard InChI is InChI=1S/C46H62N14O14S3/c1-20-15-57(43(67)53-36(20)63)32-8-24(29(72-32)13-48-41(76-6)52-26-10-34(74-31(26)19-61)59-17-22(3)38(65)55-45(59)69)50-40(75-5)47-12-28-25(9-33(71-28)58-16-21(2)37(64)54-44(58)68)51-42(77-7)49-14-30-27(62)11-35(73-30)60-18-23(4)39(66)56-46(60)70/h15-18,24-35,61-62H,8-14,19H2,1-7H3,(H,47,50)(H,48,52)(H,49,51)(H,53,63,67)(H,54,64,68)(H,55,65,69)(H,56,66,70)/p+3/t24-,25-,26-,27-,28+,29+,30+,31+,32+,33+,34+,35+/m0/s1. The summed E-state index contributed by atoms with van der Waals surface area (Å²) in [5.74, 6) is 0. The van der Waals surface area contributed by atoms with Crippen molar-refractivity contribution in [1.29, 1.82) is 0 Å². The molecule has 0 amide bonds. The molecule has 28 nitrogen and oxygen atoms in total. The highest BCUT2D eigenvalue weighted by Crippen LogP contribution is 2.31. The summed E-state index contributed by atoms with van der Waals surface area (Å²) in [6.45, 7) is 6.52. The van der Waals surface area contributed by atoms with Crippen LogP contribution in [0.15, 0.2) is 63.1 Å². The molecule has 0 bridgehead atoms. The lowest BCUT2D eigenvalue weighted by Crippen LogP contribution is -2.82. The van der Waals surface area contributed by atoms with Gasteiger partial charge in [0, 0.05) is 72.7 Å². The van der Waals surface area contributed by atoms with Crippen LogP contribution >= 0.6 is 35.3 Å². The SMILES string of the molecule is CSC(N[C@H]1C[C@H](n2cc(C)c(=O)[nH]c2=O)O[C@@H]1CO)=[NH+]C[C@H]1O[C@@H](n2cc(C)c(=O)[nH]c2=O)C[C@@H]1NC(=[NH+]C[C@H]1O[C@@H](n2cc(C)c(=O)[nH]c2=O)C[C@@H]1NC(=[NH+]C[C@H]1O[C@@H](n2cc(C)c(=O)[nH]c2=O)C[C@@H]1O)SC)SC.